The summed E-state index contributed by atoms with van der Waals surface area (Å²) in [5.41, 5.74) is 0. The van der Waals surface area contributed by atoms with Crippen LogP contribution in [0.1, 0.15) is 33.1 Å². The van der Waals surface area contributed by atoms with E-state index in [0.29, 0.717) is 0 Å². The van der Waals surface area contributed by atoms with Crippen LogP contribution in [0, 0.1) is 5.92 Å². The third-order valence-electron chi connectivity index (χ3n) is 3.25. The fourth-order valence-electron chi connectivity index (χ4n) is 2.32. The second-order valence-corrected chi connectivity index (χ2v) is 6.13. The van der Waals surface area contributed by atoms with Crippen LogP contribution in [0.2, 0.25) is 0 Å². The van der Waals surface area contributed by atoms with Crippen molar-refractivity contribution >= 4 is 11.8 Å². The minimum absolute atomic E-state index is 0.742. The molecule has 1 nitrogen and oxygen atoms in total. The Morgan fingerprint density at radius 3 is 2.50 bits per heavy atom. The third-order valence-corrected chi connectivity index (χ3v) is 5.01. The van der Waals surface area contributed by atoms with Crippen molar-refractivity contribution in [2.24, 2.45) is 5.92 Å². The van der Waals surface area contributed by atoms with E-state index < -0.39 is 0 Å². The SMILES string of the molecule is CC(C)C1CC(NC2CC=CC2)CS1. The van der Waals surface area contributed by atoms with Crippen LogP contribution in [0.15, 0.2) is 12.2 Å². The van der Waals surface area contributed by atoms with Gasteiger partial charge in [0.2, 0.25) is 0 Å². The predicted octanol–water partition coefficient (Wildman–Crippen LogP) is 2.82. The highest BCUT2D eigenvalue weighted by molar-refractivity contribution is 8.00. The zero-order valence-electron chi connectivity index (χ0n) is 9.20. The van der Waals surface area contributed by atoms with Gasteiger partial charge >= 0.3 is 0 Å². The molecule has 0 aromatic heterocycles. The minimum Gasteiger partial charge on any atom is -0.310 e. The summed E-state index contributed by atoms with van der Waals surface area (Å²) in [5, 5.41) is 4.67. The summed E-state index contributed by atoms with van der Waals surface area (Å²) in [4.78, 5) is 0. The van der Waals surface area contributed by atoms with Gasteiger partial charge in [0.1, 0.15) is 0 Å². The molecule has 1 saturated heterocycles. The summed E-state index contributed by atoms with van der Waals surface area (Å²) in [6.45, 7) is 4.69. The maximum absolute atomic E-state index is 3.78. The van der Waals surface area contributed by atoms with Gasteiger partial charge in [0, 0.05) is 23.1 Å². The van der Waals surface area contributed by atoms with E-state index >= 15 is 0 Å². The average Bonchev–Trinajstić information content (AvgIpc) is 2.75. The summed E-state index contributed by atoms with van der Waals surface area (Å²) in [5.74, 6) is 2.16. The van der Waals surface area contributed by atoms with Gasteiger partial charge in [0.25, 0.3) is 0 Å². The van der Waals surface area contributed by atoms with Crippen LogP contribution in [0.3, 0.4) is 0 Å². The van der Waals surface area contributed by atoms with E-state index in [2.05, 4.69) is 43.1 Å². The number of thioether (sulfide) groups is 1. The molecule has 80 valence electrons. The van der Waals surface area contributed by atoms with Crippen LogP contribution >= 0.6 is 11.8 Å². The maximum atomic E-state index is 3.78. The van der Waals surface area contributed by atoms with E-state index in [1.807, 2.05) is 0 Å². The normalized spacial score (nSPS) is 33.4. The van der Waals surface area contributed by atoms with Crippen molar-refractivity contribution in [2.75, 3.05) is 5.75 Å². The van der Waals surface area contributed by atoms with Crippen molar-refractivity contribution < 1.29 is 0 Å². The first-order valence-electron chi connectivity index (χ1n) is 5.78. The lowest BCUT2D eigenvalue weighted by atomic mass is 10.0. The lowest BCUT2D eigenvalue weighted by Gasteiger charge is -2.18. The van der Waals surface area contributed by atoms with Crippen molar-refractivity contribution in [1.29, 1.82) is 0 Å². The van der Waals surface area contributed by atoms with E-state index in [4.69, 9.17) is 0 Å². The third kappa shape index (κ3) is 2.54. The van der Waals surface area contributed by atoms with Crippen LogP contribution in [0.5, 0.6) is 0 Å². The Morgan fingerprint density at radius 1 is 1.21 bits per heavy atom. The highest BCUT2D eigenvalue weighted by Gasteiger charge is 2.28. The molecule has 0 amide bonds. The van der Waals surface area contributed by atoms with Crippen LogP contribution in [0.25, 0.3) is 0 Å². The summed E-state index contributed by atoms with van der Waals surface area (Å²) in [6.07, 6.45) is 8.47. The fraction of sp³-hybridized carbons (Fsp3) is 0.833. The Bertz CT molecular complexity index is 204. The summed E-state index contributed by atoms with van der Waals surface area (Å²) in [7, 11) is 0. The highest BCUT2D eigenvalue weighted by atomic mass is 32.2. The molecule has 0 bridgehead atoms. The Labute approximate surface area is 91.7 Å². The summed E-state index contributed by atoms with van der Waals surface area (Å²) in [6, 6.07) is 1.52. The first-order valence-corrected chi connectivity index (χ1v) is 6.83. The largest absolute Gasteiger partial charge is 0.310 e. The van der Waals surface area contributed by atoms with Crippen LogP contribution in [-0.2, 0) is 0 Å². The van der Waals surface area contributed by atoms with Crippen LogP contribution in [-0.4, -0.2) is 23.1 Å². The molecule has 2 aliphatic rings. The second-order valence-electron chi connectivity index (χ2n) is 4.85. The molecule has 0 aromatic rings. The topological polar surface area (TPSA) is 12.0 Å². The van der Waals surface area contributed by atoms with Gasteiger partial charge in [-0.25, -0.2) is 0 Å². The van der Waals surface area contributed by atoms with Gasteiger partial charge in [-0.05, 0) is 25.2 Å². The quantitative estimate of drug-likeness (QED) is 0.720. The summed E-state index contributed by atoms with van der Waals surface area (Å²) < 4.78 is 0. The van der Waals surface area contributed by atoms with Crippen molar-refractivity contribution in [1.82, 2.24) is 5.32 Å². The van der Waals surface area contributed by atoms with Gasteiger partial charge in [-0.2, -0.15) is 11.8 Å². The molecule has 14 heavy (non-hydrogen) atoms. The average molecular weight is 211 g/mol. The van der Waals surface area contributed by atoms with Gasteiger partial charge in [0.05, 0.1) is 0 Å². The molecule has 0 radical (unpaired) electrons. The molecule has 0 saturated carbocycles. The molecule has 1 aliphatic carbocycles. The molecule has 2 heteroatoms. The molecule has 1 N–H and O–H groups in total. The van der Waals surface area contributed by atoms with Gasteiger partial charge in [-0.15, -0.1) is 0 Å². The number of rotatable bonds is 3. The van der Waals surface area contributed by atoms with E-state index in [9.17, 15) is 0 Å². The molecule has 1 heterocycles. The smallest absolute Gasteiger partial charge is 0.0171 e. The van der Waals surface area contributed by atoms with E-state index in [-0.39, 0.29) is 0 Å². The van der Waals surface area contributed by atoms with E-state index in [0.717, 1.165) is 23.3 Å². The molecular formula is C12H21NS. The van der Waals surface area contributed by atoms with Gasteiger partial charge in [0.15, 0.2) is 0 Å². The minimum atomic E-state index is 0.742. The van der Waals surface area contributed by atoms with Crippen molar-refractivity contribution in [3.05, 3.63) is 12.2 Å². The molecule has 0 spiro atoms. The van der Waals surface area contributed by atoms with Crippen molar-refractivity contribution in [3.63, 3.8) is 0 Å². The monoisotopic (exact) mass is 211 g/mol. The summed E-state index contributed by atoms with van der Waals surface area (Å²) >= 11 is 2.16. The first-order chi connectivity index (χ1) is 6.75. The Balaban J connectivity index is 1.73. The standard InChI is InChI=1S/C12H21NS/c1-9(2)12-7-11(8-14-12)13-10-5-3-4-6-10/h3-4,9-13H,5-8H2,1-2H3. The van der Waals surface area contributed by atoms with Gasteiger partial charge < -0.3 is 5.32 Å². The Kier molecular flexibility index (Phi) is 3.56. The maximum Gasteiger partial charge on any atom is 0.0171 e. The number of nitrogens with one attached hydrogen (secondary N) is 1. The first kappa shape index (κ1) is 10.6. The number of hydrogen-bond acceptors (Lipinski definition) is 2. The van der Waals surface area contributed by atoms with Gasteiger partial charge in [-0.3, -0.25) is 0 Å². The fourth-order valence-corrected chi connectivity index (χ4v) is 3.79. The van der Waals surface area contributed by atoms with E-state index in [1.54, 1.807) is 0 Å². The van der Waals surface area contributed by atoms with E-state index in [1.165, 1.54) is 25.0 Å². The molecular weight excluding hydrogens is 190 g/mol. The molecule has 2 unspecified atom stereocenters. The lowest BCUT2D eigenvalue weighted by Crippen LogP contribution is -2.37. The molecule has 1 fully saturated rings. The molecule has 2 atom stereocenters. The molecule has 1 aliphatic heterocycles. The highest BCUT2D eigenvalue weighted by Crippen LogP contribution is 2.32. The van der Waals surface area contributed by atoms with Crippen molar-refractivity contribution in [2.45, 2.75) is 50.4 Å². The Hall–Kier alpha value is 0.0500. The van der Waals surface area contributed by atoms with Gasteiger partial charge in [-0.1, -0.05) is 26.0 Å². The van der Waals surface area contributed by atoms with Crippen molar-refractivity contribution in [3.8, 4) is 0 Å². The second kappa shape index (κ2) is 4.71. The zero-order chi connectivity index (χ0) is 9.97. The molecule has 0 aromatic carbocycles. The lowest BCUT2D eigenvalue weighted by molar-refractivity contribution is 0.433. The molecule has 2 rings (SSSR count). The predicted molar refractivity (Wildman–Crippen MR) is 64.8 cm³/mol. The van der Waals surface area contributed by atoms with Crippen LogP contribution in [0.4, 0.5) is 0 Å². The number of hydrogen-bond donors (Lipinski definition) is 1. The Morgan fingerprint density at radius 2 is 1.93 bits per heavy atom. The zero-order valence-corrected chi connectivity index (χ0v) is 10.0. The van der Waals surface area contributed by atoms with Crippen LogP contribution < -0.4 is 5.32 Å².